The van der Waals surface area contributed by atoms with Crippen molar-refractivity contribution in [3.8, 4) is 0 Å². The van der Waals surface area contributed by atoms with Crippen LogP contribution in [0.1, 0.15) is 9.67 Å². The SMILES string of the molecule is Nc1ccsc1C(=O)Nc1cnccn1. The van der Waals surface area contributed by atoms with Crippen molar-refractivity contribution in [1.29, 1.82) is 0 Å². The zero-order valence-corrected chi connectivity index (χ0v) is 8.49. The minimum absolute atomic E-state index is 0.261. The highest BCUT2D eigenvalue weighted by Crippen LogP contribution is 2.19. The molecule has 1 amide bonds. The predicted octanol–water partition coefficient (Wildman–Crippen LogP) is 1.37. The second kappa shape index (κ2) is 4.05. The predicted molar refractivity (Wildman–Crippen MR) is 58.7 cm³/mol. The second-order valence-electron chi connectivity index (χ2n) is 2.75. The van der Waals surface area contributed by atoms with E-state index in [-0.39, 0.29) is 5.91 Å². The number of amides is 1. The lowest BCUT2D eigenvalue weighted by molar-refractivity contribution is 0.103. The van der Waals surface area contributed by atoms with Crippen LogP contribution in [0.25, 0.3) is 0 Å². The first-order valence-electron chi connectivity index (χ1n) is 4.17. The summed E-state index contributed by atoms with van der Waals surface area (Å²) in [6, 6.07) is 1.69. The van der Waals surface area contributed by atoms with Gasteiger partial charge in [0.05, 0.1) is 11.9 Å². The van der Waals surface area contributed by atoms with Crippen molar-refractivity contribution >= 4 is 28.7 Å². The molecule has 15 heavy (non-hydrogen) atoms. The van der Waals surface area contributed by atoms with Crippen LogP contribution in [0.15, 0.2) is 30.0 Å². The Balaban J connectivity index is 2.15. The number of hydrogen-bond donors (Lipinski definition) is 2. The minimum Gasteiger partial charge on any atom is -0.397 e. The Bertz CT molecular complexity index is 468. The largest absolute Gasteiger partial charge is 0.397 e. The third-order valence-electron chi connectivity index (χ3n) is 1.71. The lowest BCUT2D eigenvalue weighted by Crippen LogP contribution is -2.12. The van der Waals surface area contributed by atoms with Crippen LogP contribution in [0.5, 0.6) is 0 Å². The molecule has 2 heterocycles. The molecule has 2 aromatic heterocycles. The number of thiophene rings is 1. The van der Waals surface area contributed by atoms with E-state index in [4.69, 9.17) is 5.73 Å². The topological polar surface area (TPSA) is 80.9 Å². The quantitative estimate of drug-likeness (QED) is 0.801. The van der Waals surface area contributed by atoms with Crippen LogP contribution in [0.2, 0.25) is 0 Å². The standard InChI is InChI=1S/C9H8N4OS/c10-6-1-4-15-8(6)9(14)13-7-5-11-2-3-12-7/h1-5H,10H2,(H,12,13,14). The molecule has 0 atom stereocenters. The van der Waals surface area contributed by atoms with Crippen LogP contribution >= 0.6 is 11.3 Å². The summed E-state index contributed by atoms with van der Waals surface area (Å²) in [5.74, 6) is 0.151. The molecule has 0 bridgehead atoms. The number of nitrogen functional groups attached to an aromatic ring is 1. The maximum Gasteiger partial charge on any atom is 0.269 e. The normalized spacial score (nSPS) is 9.87. The van der Waals surface area contributed by atoms with Crippen molar-refractivity contribution in [2.24, 2.45) is 0 Å². The number of nitrogens with one attached hydrogen (secondary N) is 1. The van der Waals surface area contributed by atoms with E-state index in [1.54, 1.807) is 11.4 Å². The summed E-state index contributed by atoms with van der Waals surface area (Å²) < 4.78 is 0. The fraction of sp³-hybridized carbons (Fsp3) is 0. The summed E-state index contributed by atoms with van der Waals surface area (Å²) in [5.41, 5.74) is 6.08. The molecule has 76 valence electrons. The Morgan fingerprint density at radius 1 is 1.47 bits per heavy atom. The molecule has 5 nitrogen and oxygen atoms in total. The first-order chi connectivity index (χ1) is 7.27. The van der Waals surface area contributed by atoms with Gasteiger partial charge in [0, 0.05) is 12.4 Å². The summed E-state index contributed by atoms with van der Waals surface area (Å²) in [6.07, 6.45) is 4.52. The molecule has 2 rings (SSSR count). The molecular weight excluding hydrogens is 212 g/mol. The molecule has 0 saturated carbocycles. The second-order valence-corrected chi connectivity index (χ2v) is 3.67. The number of carbonyl (C=O) groups excluding carboxylic acids is 1. The van der Waals surface area contributed by atoms with Crippen LogP contribution in [-0.2, 0) is 0 Å². The number of rotatable bonds is 2. The molecule has 0 aliphatic carbocycles. The monoisotopic (exact) mass is 220 g/mol. The number of hydrogen-bond acceptors (Lipinski definition) is 5. The average molecular weight is 220 g/mol. The summed E-state index contributed by atoms with van der Waals surface area (Å²) in [7, 11) is 0. The number of anilines is 2. The van der Waals surface area contributed by atoms with Crippen LogP contribution in [0.3, 0.4) is 0 Å². The molecule has 0 aliphatic heterocycles. The Morgan fingerprint density at radius 2 is 2.33 bits per heavy atom. The van der Waals surface area contributed by atoms with Crippen molar-refractivity contribution < 1.29 is 4.79 Å². The molecule has 0 aliphatic rings. The van der Waals surface area contributed by atoms with Gasteiger partial charge in [-0.15, -0.1) is 11.3 Å². The Hall–Kier alpha value is -1.95. The summed E-state index contributed by atoms with van der Waals surface area (Å²) in [6.45, 7) is 0. The first-order valence-corrected chi connectivity index (χ1v) is 5.05. The highest BCUT2D eigenvalue weighted by atomic mass is 32.1. The van der Waals surface area contributed by atoms with Gasteiger partial charge in [0.1, 0.15) is 4.88 Å². The molecular formula is C9H8N4OS. The van der Waals surface area contributed by atoms with Gasteiger partial charge in [0.15, 0.2) is 5.82 Å². The summed E-state index contributed by atoms with van der Waals surface area (Å²) in [5, 5.41) is 4.37. The average Bonchev–Trinajstić information content (AvgIpc) is 2.66. The Labute approximate surface area is 90.0 Å². The number of nitrogens with zero attached hydrogens (tertiary/aromatic N) is 2. The van der Waals surface area contributed by atoms with E-state index in [9.17, 15) is 4.79 Å². The summed E-state index contributed by atoms with van der Waals surface area (Å²) in [4.78, 5) is 19.9. The van der Waals surface area contributed by atoms with E-state index in [2.05, 4.69) is 15.3 Å². The lowest BCUT2D eigenvalue weighted by atomic mass is 10.4. The Morgan fingerprint density at radius 3 is 2.93 bits per heavy atom. The van der Waals surface area contributed by atoms with Crippen molar-refractivity contribution in [1.82, 2.24) is 9.97 Å². The van der Waals surface area contributed by atoms with E-state index >= 15 is 0 Å². The maximum atomic E-state index is 11.6. The third kappa shape index (κ3) is 2.10. The van der Waals surface area contributed by atoms with Gasteiger partial charge in [-0.1, -0.05) is 0 Å². The van der Waals surface area contributed by atoms with Gasteiger partial charge in [-0.25, -0.2) is 4.98 Å². The van der Waals surface area contributed by atoms with E-state index in [1.165, 1.54) is 29.9 Å². The lowest BCUT2D eigenvalue weighted by Gasteiger charge is -2.01. The van der Waals surface area contributed by atoms with E-state index < -0.39 is 0 Å². The highest BCUT2D eigenvalue weighted by molar-refractivity contribution is 7.12. The Kier molecular flexibility index (Phi) is 2.59. The zero-order valence-electron chi connectivity index (χ0n) is 7.68. The van der Waals surface area contributed by atoms with E-state index in [0.29, 0.717) is 16.4 Å². The molecule has 0 radical (unpaired) electrons. The third-order valence-corrected chi connectivity index (χ3v) is 2.64. The minimum atomic E-state index is -0.261. The number of carbonyl (C=O) groups is 1. The molecule has 0 aromatic carbocycles. The fourth-order valence-electron chi connectivity index (χ4n) is 1.04. The molecule has 0 spiro atoms. The molecule has 0 saturated heterocycles. The number of aromatic nitrogens is 2. The molecule has 3 N–H and O–H groups in total. The number of nitrogens with two attached hydrogens (primary N) is 1. The smallest absolute Gasteiger partial charge is 0.269 e. The van der Waals surface area contributed by atoms with Gasteiger partial charge in [0.2, 0.25) is 0 Å². The molecule has 0 fully saturated rings. The van der Waals surface area contributed by atoms with Crippen LogP contribution < -0.4 is 11.1 Å². The van der Waals surface area contributed by atoms with Crippen molar-refractivity contribution in [2.75, 3.05) is 11.1 Å². The molecule has 6 heteroatoms. The highest BCUT2D eigenvalue weighted by Gasteiger charge is 2.11. The van der Waals surface area contributed by atoms with Crippen molar-refractivity contribution in [3.63, 3.8) is 0 Å². The van der Waals surface area contributed by atoms with Crippen molar-refractivity contribution in [2.45, 2.75) is 0 Å². The van der Waals surface area contributed by atoms with Crippen LogP contribution in [0.4, 0.5) is 11.5 Å². The fourth-order valence-corrected chi connectivity index (χ4v) is 1.75. The van der Waals surface area contributed by atoms with E-state index in [1.807, 2.05) is 0 Å². The van der Waals surface area contributed by atoms with Crippen LogP contribution in [0, 0.1) is 0 Å². The van der Waals surface area contributed by atoms with Crippen molar-refractivity contribution in [3.05, 3.63) is 34.9 Å². The zero-order chi connectivity index (χ0) is 10.7. The first kappa shape index (κ1) is 9.60. The van der Waals surface area contributed by atoms with Gasteiger partial charge in [-0.2, -0.15) is 0 Å². The molecule has 2 aromatic rings. The van der Waals surface area contributed by atoms with E-state index in [0.717, 1.165) is 0 Å². The maximum absolute atomic E-state index is 11.6. The molecule has 0 unspecified atom stereocenters. The van der Waals surface area contributed by atoms with Crippen LogP contribution in [-0.4, -0.2) is 15.9 Å². The van der Waals surface area contributed by atoms with Gasteiger partial charge >= 0.3 is 0 Å². The van der Waals surface area contributed by atoms with Gasteiger partial charge in [0.25, 0.3) is 5.91 Å². The summed E-state index contributed by atoms with van der Waals surface area (Å²) >= 11 is 1.29. The van der Waals surface area contributed by atoms with Gasteiger partial charge < -0.3 is 11.1 Å². The van der Waals surface area contributed by atoms with Gasteiger partial charge in [-0.3, -0.25) is 9.78 Å². The van der Waals surface area contributed by atoms with Gasteiger partial charge in [-0.05, 0) is 11.4 Å².